The topological polar surface area (TPSA) is 12.0 Å². The summed E-state index contributed by atoms with van der Waals surface area (Å²) in [4.78, 5) is 0. The molecule has 0 aromatic rings. The van der Waals surface area contributed by atoms with E-state index in [1.54, 1.807) is 0 Å². The number of nitrogens with one attached hydrogen (secondary N) is 1. The molecule has 1 aliphatic carbocycles. The maximum Gasteiger partial charge on any atom is 0.0133 e. The summed E-state index contributed by atoms with van der Waals surface area (Å²) in [5.74, 6) is 0. The predicted molar refractivity (Wildman–Crippen MR) is 33.7 cm³/mol. The molecule has 1 heterocycles. The Balaban J connectivity index is 1.95. The Kier molecular flexibility index (Phi) is 0.762. The van der Waals surface area contributed by atoms with E-state index in [4.69, 9.17) is 0 Å². The van der Waals surface area contributed by atoms with E-state index >= 15 is 0 Å². The quantitative estimate of drug-likeness (QED) is 0.535. The van der Waals surface area contributed by atoms with Gasteiger partial charge in [0.25, 0.3) is 0 Å². The summed E-state index contributed by atoms with van der Waals surface area (Å²) < 4.78 is 0. The van der Waals surface area contributed by atoms with Crippen molar-refractivity contribution in [2.45, 2.75) is 32.2 Å². The molecule has 0 aromatic carbocycles. The van der Waals surface area contributed by atoms with Gasteiger partial charge in [-0.2, -0.15) is 0 Å². The lowest BCUT2D eigenvalue weighted by Crippen LogP contribution is -2.48. The molecule has 0 spiro atoms. The number of hydrogen-bond acceptors (Lipinski definition) is 1. The van der Waals surface area contributed by atoms with E-state index < -0.39 is 0 Å². The first-order valence-electron chi connectivity index (χ1n) is 3.55. The fraction of sp³-hybridized carbons (Fsp3) is 1.00. The first-order valence-corrected chi connectivity index (χ1v) is 3.55. The van der Waals surface area contributed by atoms with Gasteiger partial charge in [0, 0.05) is 6.04 Å². The summed E-state index contributed by atoms with van der Waals surface area (Å²) in [5, 5.41) is 3.45. The minimum atomic E-state index is 0.734. The normalized spacial score (nSPS) is 40.9. The summed E-state index contributed by atoms with van der Waals surface area (Å²) in [5.41, 5.74) is 0.734. The zero-order chi connectivity index (χ0) is 5.61. The van der Waals surface area contributed by atoms with E-state index in [1.165, 1.54) is 25.8 Å². The fourth-order valence-electron chi connectivity index (χ4n) is 1.43. The van der Waals surface area contributed by atoms with Crippen LogP contribution in [0.5, 0.6) is 0 Å². The highest BCUT2D eigenvalue weighted by Gasteiger charge is 2.46. The van der Waals surface area contributed by atoms with Crippen LogP contribution in [0.1, 0.15) is 26.2 Å². The lowest BCUT2D eigenvalue weighted by molar-refractivity contribution is 0.258. The monoisotopic (exact) mass is 111 g/mol. The molecule has 46 valence electrons. The van der Waals surface area contributed by atoms with Gasteiger partial charge in [-0.05, 0) is 31.2 Å². The van der Waals surface area contributed by atoms with Crippen LogP contribution in [0.25, 0.3) is 0 Å². The molecule has 1 nitrogen and oxygen atoms in total. The molecule has 0 aromatic heterocycles. The third kappa shape index (κ3) is 0.510. The van der Waals surface area contributed by atoms with Crippen molar-refractivity contribution in [2.75, 3.05) is 6.54 Å². The summed E-state index contributed by atoms with van der Waals surface area (Å²) in [7, 11) is 0. The van der Waals surface area contributed by atoms with Crippen LogP contribution in [0, 0.1) is 5.41 Å². The van der Waals surface area contributed by atoms with Crippen LogP contribution in [0.4, 0.5) is 0 Å². The Labute approximate surface area is 50.5 Å². The van der Waals surface area contributed by atoms with Crippen molar-refractivity contribution >= 4 is 0 Å². The predicted octanol–water partition coefficient (Wildman–Crippen LogP) is 1.15. The second-order valence-electron chi connectivity index (χ2n) is 3.45. The fourth-order valence-corrected chi connectivity index (χ4v) is 1.43. The van der Waals surface area contributed by atoms with E-state index in [-0.39, 0.29) is 0 Å². The lowest BCUT2D eigenvalue weighted by atomic mass is 9.91. The average molecular weight is 111 g/mol. The zero-order valence-electron chi connectivity index (χ0n) is 5.41. The maximum absolute atomic E-state index is 3.45. The smallest absolute Gasteiger partial charge is 0.0133 e. The molecule has 2 aliphatic rings. The molecule has 1 atom stereocenters. The van der Waals surface area contributed by atoms with Crippen LogP contribution in [0.3, 0.4) is 0 Å². The van der Waals surface area contributed by atoms with Crippen LogP contribution in [0.15, 0.2) is 0 Å². The van der Waals surface area contributed by atoms with Crippen LogP contribution >= 0.6 is 0 Å². The standard InChI is InChI=1S/C7H13N/c1-7(3-4-7)6-2-5-8-6/h6,8H,2-5H2,1H3. The van der Waals surface area contributed by atoms with Gasteiger partial charge in [0.05, 0.1) is 0 Å². The van der Waals surface area contributed by atoms with Crippen LogP contribution in [-0.2, 0) is 0 Å². The van der Waals surface area contributed by atoms with Gasteiger partial charge in [0.15, 0.2) is 0 Å². The van der Waals surface area contributed by atoms with Crippen molar-refractivity contribution in [2.24, 2.45) is 5.41 Å². The van der Waals surface area contributed by atoms with E-state index in [9.17, 15) is 0 Å². The lowest BCUT2D eigenvalue weighted by Gasteiger charge is -2.33. The molecule has 1 unspecified atom stereocenters. The minimum Gasteiger partial charge on any atom is -0.313 e. The summed E-state index contributed by atoms with van der Waals surface area (Å²) >= 11 is 0. The van der Waals surface area contributed by atoms with Gasteiger partial charge in [0.1, 0.15) is 0 Å². The molecule has 1 aliphatic heterocycles. The molecule has 0 bridgehead atoms. The largest absolute Gasteiger partial charge is 0.313 e. The SMILES string of the molecule is CC1(C2CCN2)CC1. The van der Waals surface area contributed by atoms with E-state index in [1.807, 2.05) is 0 Å². The highest BCUT2D eigenvalue weighted by atomic mass is 15.0. The Bertz CT molecular complexity index is 101. The molecule has 0 amide bonds. The third-order valence-electron chi connectivity index (χ3n) is 2.70. The Morgan fingerprint density at radius 2 is 2.12 bits per heavy atom. The van der Waals surface area contributed by atoms with Crippen molar-refractivity contribution in [3.63, 3.8) is 0 Å². The van der Waals surface area contributed by atoms with Gasteiger partial charge in [0.2, 0.25) is 0 Å². The first kappa shape index (κ1) is 4.80. The molecule has 8 heavy (non-hydrogen) atoms. The Morgan fingerprint density at radius 1 is 1.50 bits per heavy atom. The Morgan fingerprint density at radius 3 is 2.25 bits per heavy atom. The van der Waals surface area contributed by atoms with Crippen LogP contribution < -0.4 is 5.32 Å². The van der Waals surface area contributed by atoms with Gasteiger partial charge in [-0.1, -0.05) is 6.92 Å². The average Bonchev–Trinajstić information content (AvgIpc) is 2.12. The molecule has 1 N–H and O–H groups in total. The molecule has 2 rings (SSSR count). The van der Waals surface area contributed by atoms with E-state index in [2.05, 4.69) is 12.2 Å². The van der Waals surface area contributed by atoms with Crippen molar-refractivity contribution in [3.05, 3.63) is 0 Å². The van der Waals surface area contributed by atoms with Gasteiger partial charge in [-0.25, -0.2) is 0 Å². The van der Waals surface area contributed by atoms with Gasteiger partial charge < -0.3 is 5.32 Å². The first-order chi connectivity index (χ1) is 3.81. The minimum absolute atomic E-state index is 0.734. The Hall–Kier alpha value is -0.0400. The highest BCUT2D eigenvalue weighted by molar-refractivity contribution is 5.02. The van der Waals surface area contributed by atoms with Crippen molar-refractivity contribution in [1.82, 2.24) is 5.32 Å². The number of rotatable bonds is 1. The zero-order valence-corrected chi connectivity index (χ0v) is 5.41. The van der Waals surface area contributed by atoms with Gasteiger partial charge >= 0.3 is 0 Å². The van der Waals surface area contributed by atoms with E-state index in [0.717, 1.165) is 11.5 Å². The highest BCUT2D eigenvalue weighted by Crippen LogP contribution is 2.50. The summed E-state index contributed by atoms with van der Waals surface area (Å²) in [6, 6.07) is 0.891. The molecular weight excluding hydrogens is 98.1 g/mol. The summed E-state index contributed by atoms with van der Waals surface area (Å²) in [6.07, 6.45) is 4.35. The van der Waals surface area contributed by atoms with Crippen LogP contribution in [0.2, 0.25) is 0 Å². The van der Waals surface area contributed by atoms with Gasteiger partial charge in [-0.15, -0.1) is 0 Å². The summed E-state index contributed by atoms with van der Waals surface area (Å²) in [6.45, 7) is 3.66. The maximum atomic E-state index is 3.45. The van der Waals surface area contributed by atoms with Crippen molar-refractivity contribution in [3.8, 4) is 0 Å². The molecule has 2 fully saturated rings. The molecule has 1 saturated heterocycles. The van der Waals surface area contributed by atoms with E-state index in [0.29, 0.717) is 0 Å². The number of hydrogen-bond donors (Lipinski definition) is 1. The second kappa shape index (κ2) is 1.27. The van der Waals surface area contributed by atoms with Crippen molar-refractivity contribution in [1.29, 1.82) is 0 Å². The van der Waals surface area contributed by atoms with Crippen molar-refractivity contribution < 1.29 is 0 Å². The van der Waals surface area contributed by atoms with Gasteiger partial charge in [-0.3, -0.25) is 0 Å². The molecular formula is C7H13N. The van der Waals surface area contributed by atoms with Crippen LogP contribution in [-0.4, -0.2) is 12.6 Å². The molecule has 1 saturated carbocycles. The second-order valence-corrected chi connectivity index (χ2v) is 3.45. The third-order valence-corrected chi connectivity index (χ3v) is 2.70. The molecule has 1 heteroatoms. The molecule has 0 radical (unpaired) electrons.